The molecule has 0 aliphatic rings. The Hall–Kier alpha value is -3.10. The fraction of sp³-hybridized carbons (Fsp3) is 0.630. The second-order valence-electron chi connectivity index (χ2n) is 10.2. The Morgan fingerprint density at radius 1 is 1.08 bits per heavy atom. The Morgan fingerprint density at radius 2 is 1.67 bits per heavy atom. The molecule has 0 aromatic heterocycles. The van der Waals surface area contributed by atoms with Crippen molar-refractivity contribution in [2.45, 2.75) is 105 Å². The number of carbonyl (C=O) groups excluding carboxylic acids is 4. The van der Waals surface area contributed by atoms with Gasteiger partial charge < -0.3 is 26.0 Å². The zero-order valence-corrected chi connectivity index (χ0v) is 23.1. The van der Waals surface area contributed by atoms with Crippen LogP contribution < -0.4 is 16.4 Å². The van der Waals surface area contributed by atoms with Gasteiger partial charge in [0.1, 0.15) is 17.7 Å². The third kappa shape index (κ3) is 9.17. The third-order valence-electron chi connectivity index (χ3n) is 5.89. The van der Waals surface area contributed by atoms with Gasteiger partial charge in [0, 0.05) is 12.6 Å². The molecule has 0 aliphatic carbocycles. The molecule has 9 nitrogen and oxygen atoms in total. The molecule has 0 fully saturated rings. The number of hydrogen-bond acceptors (Lipinski definition) is 5. The highest BCUT2D eigenvalue weighted by Gasteiger charge is 2.40. The number of unbranched alkanes of at least 4 members (excludes halogenated alkanes) is 1. The van der Waals surface area contributed by atoms with Crippen LogP contribution in [0.2, 0.25) is 0 Å². The lowest BCUT2D eigenvalue weighted by Gasteiger charge is -2.39. The second-order valence-corrected chi connectivity index (χ2v) is 10.2. The van der Waals surface area contributed by atoms with Crippen LogP contribution in [0.4, 0.5) is 4.79 Å². The van der Waals surface area contributed by atoms with Crippen molar-refractivity contribution in [3.63, 3.8) is 0 Å². The van der Waals surface area contributed by atoms with E-state index in [-0.39, 0.29) is 11.9 Å². The first-order chi connectivity index (χ1) is 16.7. The average molecular weight is 505 g/mol. The van der Waals surface area contributed by atoms with Crippen LogP contribution in [0.3, 0.4) is 0 Å². The Morgan fingerprint density at radius 3 is 2.14 bits per heavy atom. The minimum atomic E-state index is -1.29. The van der Waals surface area contributed by atoms with Gasteiger partial charge in [-0.2, -0.15) is 0 Å². The van der Waals surface area contributed by atoms with Gasteiger partial charge in [0.25, 0.3) is 0 Å². The van der Waals surface area contributed by atoms with Crippen LogP contribution in [0.25, 0.3) is 0 Å². The molecule has 9 heteroatoms. The lowest BCUT2D eigenvalue weighted by atomic mass is 9.92. The first kappa shape index (κ1) is 30.9. The molecule has 0 aliphatic heterocycles. The van der Waals surface area contributed by atoms with Crippen LogP contribution in [0.5, 0.6) is 0 Å². The van der Waals surface area contributed by atoms with Crippen molar-refractivity contribution >= 4 is 23.8 Å². The second kappa shape index (κ2) is 13.8. The molecular formula is C27H44N4O5. The van der Waals surface area contributed by atoms with Gasteiger partial charge in [0.15, 0.2) is 0 Å². The highest BCUT2D eigenvalue weighted by molar-refractivity contribution is 5.95. The monoisotopic (exact) mass is 504 g/mol. The van der Waals surface area contributed by atoms with E-state index < -0.39 is 42.0 Å². The topological polar surface area (TPSA) is 131 Å². The molecule has 1 aromatic carbocycles. The van der Waals surface area contributed by atoms with Crippen molar-refractivity contribution < 1.29 is 23.9 Å². The Bertz CT molecular complexity index is 905. The number of nitrogens with zero attached hydrogens (tertiary/aromatic N) is 1. The van der Waals surface area contributed by atoms with Crippen molar-refractivity contribution in [1.82, 2.24) is 15.5 Å². The number of carbonyl (C=O) groups is 4. The normalized spacial score (nSPS) is 13.8. The number of rotatable bonds is 12. The number of aryl methyl sites for hydroxylation is 2. The number of hydrogen-bond donors (Lipinski definition) is 3. The Balaban J connectivity index is 3.60. The average Bonchev–Trinajstić information content (AvgIpc) is 2.75. The van der Waals surface area contributed by atoms with Crippen LogP contribution in [0, 0.1) is 13.8 Å². The van der Waals surface area contributed by atoms with E-state index in [4.69, 9.17) is 10.5 Å². The number of alkyl carbamates (subject to hydrolysis) is 1. The molecule has 202 valence electrons. The summed E-state index contributed by atoms with van der Waals surface area (Å²) in [5.41, 5.74) is 7.07. The summed E-state index contributed by atoms with van der Waals surface area (Å²) in [4.78, 5) is 53.5. The summed E-state index contributed by atoms with van der Waals surface area (Å²) in [6.07, 6.45) is 0.977. The molecule has 0 saturated heterocycles. The van der Waals surface area contributed by atoms with Crippen molar-refractivity contribution in [2.75, 3.05) is 6.54 Å². The summed E-state index contributed by atoms with van der Waals surface area (Å²) < 4.78 is 5.31. The quantitative estimate of drug-likeness (QED) is 0.374. The van der Waals surface area contributed by atoms with Gasteiger partial charge in [-0.1, -0.05) is 38.5 Å². The molecule has 0 heterocycles. The van der Waals surface area contributed by atoms with Gasteiger partial charge >= 0.3 is 6.09 Å². The zero-order valence-electron chi connectivity index (χ0n) is 23.1. The summed E-state index contributed by atoms with van der Waals surface area (Å²) in [7, 11) is 0. The van der Waals surface area contributed by atoms with Crippen molar-refractivity contribution in [2.24, 2.45) is 5.73 Å². The summed E-state index contributed by atoms with van der Waals surface area (Å²) in [6, 6.07) is 3.06. The molecule has 0 radical (unpaired) electrons. The lowest BCUT2D eigenvalue weighted by Crippen LogP contribution is -2.56. The van der Waals surface area contributed by atoms with Crippen molar-refractivity contribution in [3.8, 4) is 0 Å². The molecule has 0 spiro atoms. The number of benzene rings is 1. The van der Waals surface area contributed by atoms with Crippen LogP contribution in [-0.2, 0) is 19.1 Å². The van der Waals surface area contributed by atoms with E-state index in [1.807, 2.05) is 52.8 Å². The maximum absolute atomic E-state index is 14.0. The van der Waals surface area contributed by atoms with E-state index in [1.54, 1.807) is 20.8 Å². The number of ether oxygens (including phenoxy) is 1. The SMILES string of the molecule is CCCCNC(=O)C(c1c(C)cccc1C)N(C(=O)C(CC(N)=O)NC(=O)OC(C)(C)C)C(C)CC. The molecule has 4 amide bonds. The fourth-order valence-corrected chi connectivity index (χ4v) is 3.97. The van der Waals surface area contributed by atoms with Crippen LogP contribution in [0.1, 0.15) is 90.0 Å². The molecule has 0 saturated carbocycles. The Labute approximate surface area is 215 Å². The zero-order chi connectivity index (χ0) is 27.6. The summed E-state index contributed by atoms with van der Waals surface area (Å²) in [5.74, 6) is -1.65. The van der Waals surface area contributed by atoms with Crippen LogP contribution >= 0.6 is 0 Å². The van der Waals surface area contributed by atoms with E-state index in [0.717, 1.165) is 29.5 Å². The smallest absolute Gasteiger partial charge is 0.408 e. The minimum absolute atomic E-state index is 0.315. The molecule has 4 N–H and O–H groups in total. The predicted molar refractivity (Wildman–Crippen MR) is 140 cm³/mol. The number of amides is 4. The molecule has 36 heavy (non-hydrogen) atoms. The van der Waals surface area contributed by atoms with E-state index in [9.17, 15) is 19.2 Å². The summed E-state index contributed by atoms with van der Waals surface area (Å²) >= 11 is 0. The number of nitrogens with one attached hydrogen (secondary N) is 2. The number of primary amides is 1. The van der Waals surface area contributed by atoms with Gasteiger partial charge in [-0.3, -0.25) is 14.4 Å². The van der Waals surface area contributed by atoms with Gasteiger partial charge in [-0.25, -0.2) is 4.79 Å². The van der Waals surface area contributed by atoms with E-state index in [1.165, 1.54) is 4.90 Å². The summed E-state index contributed by atoms with van der Waals surface area (Å²) in [6.45, 7) is 15.1. The molecule has 1 rings (SSSR count). The van der Waals surface area contributed by atoms with Gasteiger partial charge in [0.2, 0.25) is 17.7 Å². The lowest BCUT2D eigenvalue weighted by molar-refractivity contribution is -0.146. The largest absolute Gasteiger partial charge is 0.444 e. The highest BCUT2D eigenvalue weighted by Crippen LogP contribution is 2.31. The minimum Gasteiger partial charge on any atom is -0.444 e. The molecule has 0 bridgehead atoms. The molecule has 3 unspecified atom stereocenters. The Kier molecular flexibility index (Phi) is 11.9. The molecule has 1 aromatic rings. The molecular weight excluding hydrogens is 460 g/mol. The highest BCUT2D eigenvalue weighted by atomic mass is 16.6. The first-order valence-corrected chi connectivity index (χ1v) is 12.7. The number of nitrogens with two attached hydrogens (primary N) is 1. The predicted octanol–water partition coefficient (Wildman–Crippen LogP) is 3.66. The van der Waals surface area contributed by atoms with E-state index in [0.29, 0.717) is 13.0 Å². The van der Waals surface area contributed by atoms with Gasteiger partial charge in [-0.15, -0.1) is 0 Å². The van der Waals surface area contributed by atoms with Gasteiger partial charge in [-0.05, 0) is 71.1 Å². The van der Waals surface area contributed by atoms with Crippen molar-refractivity contribution in [1.29, 1.82) is 0 Å². The maximum atomic E-state index is 14.0. The maximum Gasteiger partial charge on any atom is 0.408 e. The third-order valence-corrected chi connectivity index (χ3v) is 5.89. The fourth-order valence-electron chi connectivity index (χ4n) is 3.97. The molecule has 3 atom stereocenters. The van der Waals surface area contributed by atoms with Crippen molar-refractivity contribution in [3.05, 3.63) is 34.9 Å². The first-order valence-electron chi connectivity index (χ1n) is 12.7. The van der Waals surface area contributed by atoms with Crippen LogP contribution in [-0.4, -0.2) is 52.9 Å². The summed E-state index contributed by atoms with van der Waals surface area (Å²) in [5, 5.41) is 5.47. The van der Waals surface area contributed by atoms with Gasteiger partial charge in [0.05, 0.1) is 6.42 Å². The van der Waals surface area contributed by atoms with Crippen LogP contribution in [0.15, 0.2) is 18.2 Å². The van der Waals surface area contributed by atoms with E-state index >= 15 is 0 Å². The van der Waals surface area contributed by atoms with E-state index in [2.05, 4.69) is 10.6 Å². The standard InChI is InChI=1S/C27H44N4O5/c1-9-11-15-29-24(33)23(22-17(3)13-12-14-18(22)4)31(19(5)10-2)25(34)20(16-21(28)32)30-26(35)36-27(6,7)8/h12-14,19-20,23H,9-11,15-16H2,1-8H3,(H2,28,32)(H,29,33)(H,30,35).